The van der Waals surface area contributed by atoms with Crippen molar-refractivity contribution >= 4 is 16.8 Å². The number of nitrogens with one attached hydrogen (secondary N) is 3. The van der Waals surface area contributed by atoms with Crippen LogP contribution in [0.3, 0.4) is 0 Å². The first kappa shape index (κ1) is 17.7. The summed E-state index contributed by atoms with van der Waals surface area (Å²) in [5.41, 5.74) is 2.24. The van der Waals surface area contributed by atoms with Crippen molar-refractivity contribution < 1.29 is 13.6 Å². The van der Waals surface area contributed by atoms with Crippen LogP contribution in [0.4, 0.5) is 8.78 Å². The fourth-order valence-corrected chi connectivity index (χ4v) is 3.62. The Bertz CT molecular complexity index is 977. The van der Waals surface area contributed by atoms with Crippen molar-refractivity contribution in [3.63, 3.8) is 0 Å². The highest BCUT2D eigenvalue weighted by Crippen LogP contribution is 2.28. The minimum absolute atomic E-state index is 0.142. The number of hydrogen-bond donors (Lipinski definition) is 3. The molecule has 1 aliphatic heterocycles. The molecule has 0 spiro atoms. The van der Waals surface area contributed by atoms with Crippen LogP contribution in [0.15, 0.2) is 42.6 Å². The molecule has 2 aromatic carbocycles. The third-order valence-corrected chi connectivity index (χ3v) is 5.18. The second kappa shape index (κ2) is 7.48. The minimum atomic E-state index is -0.623. The van der Waals surface area contributed by atoms with E-state index in [1.165, 1.54) is 12.1 Å². The molecule has 1 aromatic heterocycles. The first-order valence-electron chi connectivity index (χ1n) is 9.17. The van der Waals surface area contributed by atoms with Gasteiger partial charge < -0.3 is 15.6 Å². The summed E-state index contributed by atoms with van der Waals surface area (Å²) in [6.45, 7) is 2.62. The molecule has 27 heavy (non-hydrogen) atoms. The van der Waals surface area contributed by atoms with E-state index in [1.807, 2.05) is 0 Å². The summed E-state index contributed by atoms with van der Waals surface area (Å²) in [6.07, 6.45) is 3.79. The SMILES string of the molecule is O=C(NCC1CCNCC1)c1c[nH]c2ccc(-c3ccc(F)cc3F)cc12. The van der Waals surface area contributed by atoms with Crippen molar-refractivity contribution in [2.75, 3.05) is 19.6 Å². The van der Waals surface area contributed by atoms with Gasteiger partial charge >= 0.3 is 0 Å². The molecule has 0 bridgehead atoms. The maximum Gasteiger partial charge on any atom is 0.253 e. The van der Waals surface area contributed by atoms with Crippen molar-refractivity contribution in [2.45, 2.75) is 12.8 Å². The molecule has 3 N–H and O–H groups in total. The zero-order valence-electron chi connectivity index (χ0n) is 14.8. The number of halogens is 2. The Morgan fingerprint density at radius 2 is 1.93 bits per heavy atom. The van der Waals surface area contributed by atoms with Crippen molar-refractivity contribution in [3.8, 4) is 11.1 Å². The number of H-pyrrole nitrogens is 1. The number of carbonyl (C=O) groups is 1. The molecular weight excluding hydrogens is 348 g/mol. The predicted molar refractivity (Wildman–Crippen MR) is 102 cm³/mol. The number of aromatic amines is 1. The summed E-state index contributed by atoms with van der Waals surface area (Å²) in [5.74, 6) is -0.889. The Morgan fingerprint density at radius 3 is 2.70 bits per heavy atom. The molecule has 0 saturated carbocycles. The van der Waals surface area contributed by atoms with Gasteiger partial charge in [0.1, 0.15) is 11.6 Å². The lowest BCUT2D eigenvalue weighted by Crippen LogP contribution is -2.35. The van der Waals surface area contributed by atoms with Gasteiger partial charge in [-0.3, -0.25) is 4.79 Å². The second-order valence-electron chi connectivity index (χ2n) is 6.99. The number of carbonyl (C=O) groups excluding carboxylic acids is 1. The highest BCUT2D eigenvalue weighted by Gasteiger charge is 2.17. The maximum atomic E-state index is 14.1. The van der Waals surface area contributed by atoms with E-state index in [2.05, 4.69) is 15.6 Å². The number of piperidine rings is 1. The number of benzene rings is 2. The standard InChI is InChI=1S/C21H21F2N3O/c22-15-2-3-16(19(23)10-15)14-1-4-20-17(9-14)18(12-25-20)21(27)26-11-13-5-7-24-8-6-13/h1-4,9-10,12-13,24-25H,5-8,11H2,(H,26,27). The highest BCUT2D eigenvalue weighted by atomic mass is 19.1. The van der Waals surface area contributed by atoms with Gasteiger partial charge in [-0.2, -0.15) is 0 Å². The van der Waals surface area contributed by atoms with Gasteiger partial charge in [0.25, 0.3) is 5.91 Å². The molecule has 0 aliphatic carbocycles. The molecule has 6 heteroatoms. The Morgan fingerprint density at radius 1 is 1.11 bits per heavy atom. The van der Waals surface area contributed by atoms with E-state index >= 15 is 0 Å². The van der Waals surface area contributed by atoms with E-state index in [9.17, 15) is 13.6 Å². The molecule has 1 amide bonds. The van der Waals surface area contributed by atoms with Gasteiger partial charge in [-0.1, -0.05) is 6.07 Å². The third-order valence-electron chi connectivity index (χ3n) is 5.18. The van der Waals surface area contributed by atoms with E-state index in [-0.39, 0.29) is 5.91 Å². The Hall–Kier alpha value is -2.73. The summed E-state index contributed by atoms with van der Waals surface area (Å²) >= 11 is 0. The zero-order valence-corrected chi connectivity index (χ0v) is 14.8. The van der Waals surface area contributed by atoms with Crippen LogP contribution < -0.4 is 10.6 Å². The number of hydrogen-bond acceptors (Lipinski definition) is 2. The van der Waals surface area contributed by atoms with Crippen molar-refractivity contribution in [3.05, 3.63) is 59.8 Å². The first-order chi connectivity index (χ1) is 13.1. The van der Waals surface area contributed by atoms with Gasteiger partial charge in [-0.25, -0.2) is 8.78 Å². The second-order valence-corrected chi connectivity index (χ2v) is 6.99. The van der Waals surface area contributed by atoms with Crippen LogP contribution in [0.2, 0.25) is 0 Å². The first-order valence-corrected chi connectivity index (χ1v) is 9.17. The molecule has 0 atom stereocenters. The topological polar surface area (TPSA) is 56.9 Å². The van der Waals surface area contributed by atoms with Crippen molar-refractivity contribution in [1.29, 1.82) is 0 Å². The van der Waals surface area contributed by atoms with E-state index in [4.69, 9.17) is 0 Å². The fraction of sp³-hybridized carbons (Fsp3) is 0.286. The summed E-state index contributed by atoms with van der Waals surface area (Å²) in [5, 5.41) is 7.05. The minimum Gasteiger partial charge on any atom is -0.360 e. The van der Waals surface area contributed by atoms with Crippen LogP contribution >= 0.6 is 0 Å². The summed E-state index contributed by atoms with van der Waals surface area (Å²) in [6, 6.07) is 8.83. The lowest BCUT2D eigenvalue weighted by molar-refractivity contribution is 0.0946. The van der Waals surface area contributed by atoms with E-state index in [0.29, 0.717) is 29.2 Å². The average Bonchev–Trinajstić information content (AvgIpc) is 3.10. The van der Waals surface area contributed by atoms with E-state index in [0.717, 1.165) is 42.9 Å². The highest BCUT2D eigenvalue weighted by molar-refractivity contribution is 6.07. The molecule has 140 valence electrons. The monoisotopic (exact) mass is 369 g/mol. The summed E-state index contributed by atoms with van der Waals surface area (Å²) in [7, 11) is 0. The van der Waals surface area contributed by atoms with Crippen molar-refractivity contribution in [1.82, 2.24) is 15.6 Å². The smallest absolute Gasteiger partial charge is 0.253 e. The van der Waals surface area contributed by atoms with Crippen LogP contribution in [0.5, 0.6) is 0 Å². The maximum absolute atomic E-state index is 14.1. The Labute approximate surface area is 156 Å². The Balaban J connectivity index is 1.59. The lowest BCUT2D eigenvalue weighted by atomic mass is 9.98. The molecule has 2 heterocycles. The van der Waals surface area contributed by atoms with Gasteiger partial charge in [-0.15, -0.1) is 0 Å². The molecule has 4 rings (SSSR count). The molecule has 4 nitrogen and oxygen atoms in total. The molecule has 3 aromatic rings. The molecular formula is C21H21F2N3O. The van der Waals surface area contributed by atoms with Crippen LogP contribution in [0.25, 0.3) is 22.0 Å². The third kappa shape index (κ3) is 3.71. The summed E-state index contributed by atoms with van der Waals surface area (Å²) in [4.78, 5) is 15.7. The molecule has 1 fully saturated rings. The van der Waals surface area contributed by atoms with Gasteiger partial charge in [0, 0.05) is 35.3 Å². The number of aromatic nitrogens is 1. The molecule has 0 radical (unpaired) electrons. The van der Waals surface area contributed by atoms with Gasteiger partial charge in [-0.05, 0) is 61.7 Å². The lowest BCUT2D eigenvalue weighted by Gasteiger charge is -2.22. The van der Waals surface area contributed by atoms with E-state index < -0.39 is 11.6 Å². The van der Waals surface area contributed by atoms with Crippen LogP contribution in [-0.2, 0) is 0 Å². The normalized spacial score (nSPS) is 15.2. The van der Waals surface area contributed by atoms with Crippen molar-refractivity contribution in [2.24, 2.45) is 5.92 Å². The number of fused-ring (bicyclic) bond motifs is 1. The predicted octanol–water partition coefficient (Wildman–Crippen LogP) is 3.84. The number of rotatable bonds is 4. The molecule has 1 aliphatic rings. The number of amides is 1. The Kier molecular flexibility index (Phi) is 4.90. The molecule has 0 unspecified atom stereocenters. The summed E-state index contributed by atoms with van der Waals surface area (Å²) < 4.78 is 27.3. The van der Waals surface area contributed by atoms with Gasteiger partial charge in [0.05, 0.1) is 5.56 Å². The fourth-order valence-electron chi connectivity index (χ4n) is 3.62. The van der Waals surface area contributed by atoms with Gasteiger partial charge in [0.15, 0.2) is 0 Å². The average molecular weight is 369 g/mol. The van der Waals surface area contributed by atoms with E-state index in [1.54, 1.807) is 24.4 Å². The van der Waals surface area contributed by atoms with Gasteiger partial charge in [0.2, 0.25) is 0 Å². The molecule has 1 saturated heterocycles. The van der Waals surface area contributed by atoms with Crippen LogP contribution in [0, 0.1) is 17.6 Å². The zero-order chi connectivity index (χ0) is 18.8. The quantitative estimate of drug-likeness (QED) is 0.654. The largest absolute Gasteiger partial charge is 0.360 e. The van der Waals surface area contributed by atoms with Crippen LogP contribution in [-0.4, -0.2) is 30.5 Å². The van der Waals surface area contributed by atoms with Crippen LogP contribution in [0.1, 0.15) is 23.2 Å².